The lowest BCUT2D eigenvalue weighted by Crippen LogP contribution is -2.22. The van der Waals surface area contributed by atoms with Crippen LogP contribution in [-0.2, 0) is 0 Å². The van der Waals surface area contributed by atoms with Crippen LogP contribution in [0.2, 0.25) is 0 Å². The Bertz CT molecular complexity index is 1360. The fourth-order valence-electron chi connectivity index (χ4n) is 3.18. The lowest BCUT2D eigenvalue weighted by molar-refractivity contribution is -0.385. The number of nitro benzene ring substituents is 1. The van der Waals surface area contributed by atoms with E-state index in [1.807, 2.05) is 6.07 Å². The second-order valence-corrected chi connectivity index (χ2v) is 6.56. The van der Waals surface area contributed by atoms with E-state index in [0.29, 0.717) is 28.1 Å². The van der Waals surface area contributed by atoms with Crippen molar-refractivity contribution in [1.29, 1.82) is 0 Å². The largest absolute Gasteiger partial charge is 0.502 e. The average molecular weight is 400 g/mol. The molecule has 0 atom stereocenters. The molecule has 1 N–H and O–H groups in total. The first-order chi connectivity index (χ1) is 14.5. The molecule has 148 valence electrons. The van der Waals surface area contributed by atoms with Gasteiger partial charge in [-0.3, -0.25) is 24.5 Å². The zero-order valence-corrected chi connectivity index (χ0v) is 15.9. The van der Waals surface area contributed by atoms with Crippen LogP contribution >= 0.6 is 0 Å². The van der Waals surface area contributed by atoms with Gasteiger partial charge in [0.15, 0.2) is 0 Å². The maximum absolute atomic E-state index is 12.9. The summed E-state index contributed by atoms with van der Waals surface area (Å²) in [7, 11) is 0. The Balaban J connectivity index is 1.67. The van der Waals surface area contributed by atoms with E-state index >= 15 is 0 Å². The third-order valence-electron chi connectivity index (χ3n) is 4.65. The first-order valence-electron chi connectivity index (χ1n) is 9.05. The standard InChI is InChI=1S/C22H16N4O4/c1-14-24-19-7-3-2-6-18(19)22(28)25(14)17-11-9-16(10-12-17)23-13-15-5-4-8-20(21(15)27)26(29)30/h2-13,27H,1H3. The van der Waals surface area contributed by atoms with Crippen molar-refractivity contribution in [3.8, 4) is 11.4 Å². The van der Waals surface area contributed by atoms with E-state index in [-0.39, 0.29) is 16.8 Å². The highest BCUT2D eigenvalue weighted by Crippen LogP contribution is 2.28. The van der Waals surface area contributed by atoms with Crippen LogP contribution in [0, 0.1) is 17.0 Å². The van der Waals surface area contributed by atoms with Crippen LogP contribution in [0.25, 0.3) is 16.6 Å². The van der Waals surface area contributed by atoms with Gasteiger partial charge in [0.1, 0.15) is 5.82 Å². The number of aromatic hydroxyl groups is 1. The quantitative estimate of drug-likeness (QED) is 0.315. The van der Waals surface area contributed by atoms with Crippen LogP contribution in [0.3, 0.4) is 0 Å². The summed E-state index contributed by atoms with van der Waals surface area (Å²) < 4.78 is 1.53. The summed E-state index contributed by atoms with van der Waals surface area (Å²) in [6, 6.07) is 18.3. The third kappa shape index (κ3) is 3.42. The van der Waals surface area contributed by atoms with Crippen molar-refractivity contribution in [3.05, 3.63) is 98.6 Å². The van der Waals surface area contributed by atoms with Crippen LogP contribution < -0.4 is 5.56 Å². The molecule has 0 saturated heterocycles. The van der Waals surface area contributed by atoms with Crippen LogP contribution in [0.5, 0.6) is 5.75 Å². The Morgan fingerprint density at radius 1 is 1.07 bits per heavy atom. The monoisotopic (exact) mass is 400 g/mol. The molecule has 0 bridgehead atoms. The third-order valence-corrected chi connectivity index (χ3v) is 4.65. The first-order valence-corrected chi connectivity index (χ1v) is 9.05. The Hall–Kier alpha value is -4.33. The highest BCUT2D eigenvalue weighted by atomic mass is 16.6. The number of fused-ring (bicyclic) bond motifs is 1. The molecule has 8 nitrogen and oxygen atoms in total. The molecule has 0 aliphatic heterocycles. The number of aryl methyl sites for hydroxylation is 1. The molecule has 8 heteroatoms. The van der Waals surface area contributed by atoms with Crippen LogP contribution in [0.15, 0.2) is 76.5 Å². The van der Waals surface area contributed by atoms with Gasteiger partial charge >= 0.3 is 5.69 Å². The van der Waals surface area contributed by atoms with Crippen molar-refractivity contribution < 1.29 is 10.0 Å². The number of nitro groups is 1. The van der Waals surface area contributed by atoms with Crippen LogP contribution in [-0.4, -0.2) is 25.8 Å². The number of para-hydroxylation sites is 2. The molecule has 0 aliphatic carbocycles. The Kier molecular flexibility index (Phi) is 4.81. The van der Waals surface area contributed by atoms with E-state index in [9.17, 15) is 20.0 Å². The van der Waals surface area contributed by atoms with Crippen molar-refractivity contribution >= 4 is 28.5 Å². The van der Waals surface area contributed by atoms with E-state index in [0.717, 1.165) is 0 Å². The van der Waals surface area contributed by atoms with Gasteiger partial charge in [-0.2, -0.15) is 0 Å². The molecule has 0 spiro atoms. The molecule has 0 aliphatic rings. The molecule has 4 aromatic rings. The molecule has 0 amide bonds. The topological polar surface area (TPSA) is 111 Å². The highest BCUT2D eigenvalue weighted by molar-refractivity contribution is 5.87. The SMILES string of the molecule is Cc1nc2ccccc2c(=O)n1-c1ccc(N=Cc2cccc([N+](=O)[O-])c2O)cc1. The Morgan fingerprint density at radius 3 is 2.53 bits per heavy atom. The summed E-state index contributed by atoms with van der Waals surface area (Å²) in [6.45, 7) is 1.77. The fraction of sp³-hybridized carbons (Fsp3) is 0.0455. The van der Waals surface area contributed by atoms with Crippen molar-refractivity contribution in [3.63, 3.8) is 0 Å². The second kappa shape index (κ2) is 7.59. The number of aromatic nitrogens is 2. The summed E-state index contributed by atoms with van der Waals surface area (Å²) in [5.74, 6) is 0.128. The molecule has 0 fully saturated rings. The van der Waals surface area contributed by atoms with Crippen molar-refractivity contribution in [2.24, 2.45) is 4.99 Å². The van der Waals surface area contributed by atoms with Gasteiger partial charge in [-0.05, 0) is 49.4 Å². The maximum Gasteiger partial charge on any atom is 0.311 e. The Labute approximate surface area is 170 Å². The van der Waals surface area contributed by atoms with Crippen LogP contribution in [0.4, 0.5) is 11.4 Å². The summed E-state index contributed by atoms with van der Waals surface area (Å²) >= 11 is 0. The number of benzene rings is 3. The molecule has 30 heavy (non-hydrogen) atoms. The van der Waals surface area contributed by atoms with Gasteiger partial charge in [0.05, 0.1) is 27.2 Å². The zero-order valence-electron chi connectivity index (χ0n) is 15.9. The normalized spacial score (nSPS) is 11.2. The highest BCUT2D eigenvalue weighted by Gasteiger charge is 2.15. The lowest BCUT2D eigenvalue weighted by Gasteiger charge is -2.11. The number of hydrogen-bond donors (Lipinski definition) is 1. The second-order valence-electron chi connectivity index (χ2n) is 6.56. The van der Waals surface area contributed by atoms with Crippen molar-refractivity contribution in [2.45, 2.75) is 6.92 Å². The van der Waals surface area contributed by atoms with Gasteiger partial charge in [-0.25, -0.2) is 4.98 Å². The summed E-state index contributed by atoms with van der Waals surface area (Å²) in [5.41, 5.74) is 1.55. The molecule has 1 aromatic heterocycles. The van der Waals surface area contributed by atoms with E-state index in [1.165, 1.54) is 29.0 Å². The summed E-state index contributed by atoms with van der Waals surface area (Å²) in [4.78, 5) is 31.9. The van der Waals surface area contributed by atoms with Gasteiger partial charge in [-0.15, -0.1) is 0 Å². The summed E-state index contributed by atoms with van der Waals surface area (Å²) in [6.07, 6.45) is 1.35. The van der Waals surface area contributed by atoms with Gasteiger partial charge in [0.2, 0.25) is 5.75 Å². The van der Waals surface area contributed by atoms with Crippen molar-refractivity contribution in [2.75, 3.05) is 0 Å². The number of nitrogens with zero attached hydrogens (tertiary/aromatic N) is 4. The zero-order chi connectivity index (χ0) is 21.3. The van der Waals surface area contributed by atoms with Gasteiger partial charge in [0.25, 0.3) is 5.56 Å². The Morgan fingerprint density at radius 2 is 1.80 bits per heavy atom. The summed E-state index contributed by atoms with van der Waals surface area (Å²) in [5, 5.41) is 21.5. The maximum atomic E-state index is 12.9. The molecule has 1 heterocycles. The molecular formula is C22H16N4O4. The molecule has 0 saturated carbocycles. The minimum atomic E-state index is -0.654. The fourth-order valence-corrected chi connectivity index (χ4v) is 3.18. The number of rotatable bonds is 4. The number of phenolic OH excluding ortho intramolecular Hbond substituents is 1. The van der Waals surface area contributed by atoms with E-state index < -0.39 is 10.7 Å². The predicted molar refractivity (Wildman–Crippen MR) is 114 cm³/mol. The van der Waals surface area contributed by atoms with Gasteiger partial charge < -0.3 is 5.11 Å². The van der Waals surface area contributed by atoms with E-state index in [1.54, 1.807) is 49.4 Å². The number of phenols is 1. The van der Waals surface area contributed by atoms with Crippen LogP contribution in [0.1, 0.15) is 11.4 Å². The molecular weight excluding hydrogens is 384 g/mol. The minimum Gasteiger partial charge on any atom is -0.502 e. The number of aliphatic imine (C=N–C) groups is 1. The van der Waals surface area contributed by atoms with E-state index in [2.05, 4.69) is 9.98 Å². The smallest absolute Gasteiger partial charge is 0.311 e. The molecule has 4 rings (SSSR count). The van der Waals surface area contributed by atoms with Crippen molar-refractivity contribution in [1.82, 2.24) is 9.55 Å². The predicted octanol–water partition coefficient (Wildman–Crippen LogP) is 4.06. The molecule has 0 unspecified atom stereocenters. The number of hydrogen-bond acceptors (Lipinski definition) is 6. The minimum absolute atomic E-state index is 0.157. The van der Waals surface area contributed by atoms with Gasteiger partial charge in [-0.1, -0.05) is 18.2 Å². The molecule has 3 aromatic carbocycles. The van der Waals surface area contributed by atoms with Gasteiger partial charge in [0, 0.05) is 17.8 Å². The molecule has 0 radical (unpaired) electrons. The van der Waals surface area contributed by atoms with E-state index in [4.69, 9.17) is 0 Å². The first kappa shape index (κ1) is 19.0. The lowest BCUT2D eigenvalue weighted by atomic mass is 10.2. The average Bonchev–Trinajstić information content (AvgIpc) is 2.74.